The number of rotatable bonds is 6. The number of fused-ring (bicyclic) bond motifs is 3. The molecule has 13 heteroatoms. The highest BCUT2D eigenvalue weighted by molar-refractivity contribution is 7.10. The fourth-order valence-corrected chi connectivity index (χ4v) is 9.41. The standard InChI is InChI=1S/C35H44ClN7O4S/c1-3-23-16-22(17-28(36)32(23)37)18-30(33(44)41-13-11-40(12-14-41)27-19-25-4-5-26(20-27)39(25)2)47-35(46)42-9-6-24(7-10-42)43-21-31-29(8-15-48-31)38-34(43)45/h1,8,15-17,24-27,30H,4-7,9-14,18-21,37H2,2H3,(H,38,45)/t25?,26?,27?,30-/m1/s1. The molecule has 4 saturated heterocycles. The van der Waals surface area contributed by atoms with Crippen molar-refractivity contribution in [3.8, 4) is 12.3 Å². The van der Waals surface area contributed by atoms with E-state index >= 15 is 0 Å². The zero-order valence-electron chi connectivity index (χ0n) is 27.4. The molecule has 2 aromatic rings. The Morgan fingerprint density at radius 1 is 1.04 bits per heavy atom. The largest absolute Gasteiger partial charge is 0.436 e. The van der Waals surface area contributed by atoms with E-state index in [1.54, 1.807) is 28.4 Å². The maximum atomic E-state index is 14.1. The van der Waals surface area contributed by atoms with Gasteiger partial charge in [-0.25, -0.2) is 9.59 Å². The molecule has 1 aromatic carbocycles. The van der Waals surface area contributed by atoms with Gasteiger partial charge in [-0.1, -0.05) is 17.5 Å². The van der Waals surface area contributed by atoms with Gasteiger partial charge in [-0.3, -0.25) is 9.69 Å². The van der Waals surface area contributed by atoms with Gasteiger partial charge >= 0.3 is 12.1 Å². The highest BCUT2D eigenvalue weighted by Gasteiger charge is 2.42. The van der Waals surface area contributed by atoms with Crippen LogP contribution in [0.1, 0.15) is 54.5 Å². The molecule has 2 unspecified atom stereocenters. The Labute approximate surface area is 291 Å². The predicted octanol–water partition coefficient (Wildman–Crippen LogP) is 4.29. The number of benzene rings is 1. The lowest BCUT2D eigenvalue weighted by atomic mass is 9.96. The minimum absolute atomic E-state index is 0.0110. The molecule has 0 saturated carbocycles. The van der Waals surface area contributed by atoms with Crippen molar-refractivity contribution in [1.82, 2.24) is 24.5 Å². The van der Waals surface area contributed by atoms with Gasteiger partial charge in [-0.2, -0.15) is 0 Å². The van der Waals surface area contributed by atoms with Gasteiger partial charge in [0.15, 0.2) is 6.10 Å². The Balaban J connectivity index is 1.00. The van der Waals surface area contributed by atoms with Crippen LogP contribution in [0.3, 0.4) is 0 Å². The number of nitrogens with zero attached hydrogens (tertiary/aromatic N) is 5. The Kier molecular flexibility index (Phi) is 9.48. The van der Waals surface area contributed by atoms with Gasteiger partial charge in [0.05, 0.1) is 22.9 Å². The smallest absolute Gasteiger partial charge is 0.410 e. The topological polar surface area (TPSA) is 115 Å². The highest BCUT2D eigenvalue weighted by atomic mass is 35.5. The van der Waals surface area contributed by atoms with Crippen molar-refractivity contribution in [1.29, 1.82) is 0 Å². The van der Waals surface area contributed by atoms with Crippen LogP contribution in [0, 0.1) is 12.3 Å². The van der Waals surface area contributed by atoms with E-state index in [4.69, 9.17) is 28.5 Å². The molecular weight excluding hydrogens is 650 g/mol. The van der Waals surface area contributed by atoms with Crippen LogP contribution in [-0.2, 0) is 22.5 Å². The molecule has 0 radical (unpaired) electrons. The number of amides is 4. The maximum Gasteiger partial charge on any atom is 0.410 e. The molecule has 5 aliphatic rings. The molecule has 1 aromatic heterocycles. The molecule has 0 aliphatic carbocycles. The van der Waals surface area contributed by atoms with Gasteiger partial charge in [0.25, 0.3) is 5.91 Å². The number of carbonyl (C=O) groups excluding carboxylic acids is 3. The second-order valence-corrected chi connectivity index (χ2v) is 15.2. The molecule has 7 rings (SSSR count). The Hall–Kier alpha value is -3.50. The number of nitrogens with two attached hydrogens (primary N) is 1. The first kappa shape index (κ1) is 33.0. The number of anilines is 2. The highest BCUT2D eigenvalue weighted by Crippen LogP contribution is 2.37. The van der Waals surface area contributed by atoms with Crippen molar-refractivity contribution in [3.05, 3.63) is 44.6 Å². The molecule has 3 N–H and O–H groups in total. The first-order valence-corrected chi connectivity index (χ1v) is 18.3. The number of ether oxygens (including phenoxy) is 1. The van der Waals surface area contributed by atoms with E-state index in [-0.39, 0.29) is 24.4 Å². The molecule has 48 heavy (non-hydrogen) atoms. The Morgan fingerprint density at radius 2 is 1.75 bits per heavy atom. The van der Waals surface area contributed by atoms with E-state index in [2.05, 4.69) is 28.1 Å². The van der Waals surface area contributed by atoms with Crippen LogP contribution < -0.4 is 11.1 Å². The van der Waals surface area contributed by atoms with Gasteiger partial charge in [0.2, 0.25) is 0 Å². The number of nitrogen functional groups attached to an aromatic ring is 1. The van der Waals surface area contributed by atoms with Crippen LogP contribution >= 0.6 is 22.9 Å². The maximum absolute atomic E-state index is 14.1. The fourth-order valence-electron chi connectivity index (χ4n) is 8.34. The number of hydrogen-bond donors (Lipinski definition) is 2. The Morgan fingerprint density at radius 3 is 2.44 bits per heavy atom. The normalized spacial score (nSPS) is 25.7. The fraction of sp³-hybridized carbons (Fsp3) is 0.571. The van der Waals surface area contributed by atoms with E-state index < -0.39 is 12.2 Å². The van der Waals surface area contributed by atoms with E-state index in [0.717, 1.165) is 23.7 Å². The molecule has 3 atom stereocenters. The third-order valence-electron chi connectivity index (χ3n) is 11.2. The van der Waals surface area contributed by atoms with Gasteiger partial charge in [-0.15, -0.1) is 17.8 Å². The second-order valence-electron chi connectivity index (χ2n) is 13.8. The minimum atomic E-state index is -1.05. The molecule has 256 valence electrons. The Bertz CT molecular complexity index is 1580. The van der Waals surface area contributed by atoms with Gasteiger partial charge in [-0.05, 0) is 74.7 Å². The first-order chi connectivity index (χ1) is 23.2. The molecule has 2 bridgehead atoms. The molecule has 4 fully saturated rings. The molecule has 4 amide bonds. The summed E-state index contributed by atoms with van der Waals surface area (Å²) in [5.74, 6) is 2.35. The SMILES string of the molecule is C#Cc1cc(C[C@@H](OC(=O)N2CCC(N3Cc4sccc4NC3=O)CC2)C(=O)N2CCN(C3CC4CCC(C3)N4C)CC2)cc(Cl)c1N. The van der Waals surface area contributed by atoms with Crippen molar-refractivity contribution in [2.45, 2.75) is 81.8 Å². The van der Waals surface area contributed by atoms with Crippen molar-refractivity contribution >= 4 is 52.3 Å². The van der Waals surface area contributed by atoms with Gasteiger partial charge in [0.1, 0.15) is 0 Å². The van der Waals surface area contributed by atoms with Gasteiger partial charge in [0, 0.05) is 80.3 Å². The average Bonchev–Trinajstić information content (AvgIpc) is 3.62. The van der Waals surface area contributed by atoms with Crippen LogP contribution in [0.5, 0.6) is 0 Å². The van der Waals surface area contributed by atoms with Crippen molar-refractivity contribution < 1.29 is 19.1 Å². The summed E-state index contributed by atoms with van der Waals surface area (Å²) in [6, 6.07) is 7.12. The number of thiophene rings is 1. The zero-order chi connectivity index (χ0) is 33.5. The quantitative estimate of drug-likeness (QED) is 0.343. The molecule has 0 spiro atoms. The summed E-state index contributed by atoms with van der Waals surface area (Å²) in [6.07, 6.45) is 10.4. The number of nitrogens with one attached hydrogen (secondary N) is 1. The molecule has 11 nitrogen and oxygen atoms in total. The average molecular weight is 694 g/mol. The van der Waals surface area contributed by atoms with Gasteiger partial charge < -0.3 is 35.4 Å². The van der Waals surface area contributed by atoms with E-state index in [9.17, 15) is 14.4 Å². The number of carbonyl (C=O) groups is 3. The third-order valence-corrected chi connectivity index (χ3v) is 12.4. The molecule has 6 heterocycles. The van der Waals surface area contributed by atoms with E-state index in [1.807, 2.05) is 21.2 Å². The monoisotopic (exact) mass is 693 g/mol. The minimum Gasteiger partial charge on any atom is -0.436 e. The van der Waals surface area contributed by atoms with E-state index in [0.29, 0.717) is 85.5 Å². The van der Waals surface area contributed by atoms with Crippen molar-refractivity contribution in [2.75, 3.05) is 57.4 Å². The number of hydrogen-bond acceptors (Lipinski definition) is 8. The molecular formula is C35H44ClN7O4S. The van der Waals surface area contributed by atoms with Crippen molar-refractivity contribution in [2.24, 2.45) is 0 Å². The van der Waals surface area contributed by atoms with Crippen LogP contribution in [0.25, 0.3) is 0 Å². The number of piperidine rings is 2. The number of piperazine rings is 1. The summed E-state index contributed by atoms with van der Waals surface area (Å²) in [6.45, 7) is 4.21. The number of terminal acetylenes is 1. The first-order valence-electron chi connectivity index (χ1n) is 17.1. The summed E-state index contributed by atoms with van der Waals surface area (Å²) < 4.78 is 6.04. The van der Waals surface area contributed by atoms with Crippen LogP contribution in [0.2, 0.25) is 5.02 Å². The van der Waals surface area contributed by atoms with Crippen LogP contribution in [-0.4, -0.2) is 119 Å². The summed E-state index contributed by atoms with van der Waals surface area (Å²) >= 11 is 8.03. The predicted molar refractivity (Wildman–Crippen MR) is 187 cm³/mol. The van der Waals surface area contributed by atoms with Crippen molar-refractivity contribution in [3.63, 3.8) is 0 Å². The van der Waals surface area contributed by atoms with Crippen LogP contribution in [0.4, 0.5) is 21.0 Å². The number of urea groups is 1. The number of likely N-dealkylation sites (tertiary alicyclic amines) is 1. The van der Waals surface area contributed by atoms with Crippen LogP contribution in [0.15, 0.2) is 23.6 Å². The summed E-state index contributed by atoms with van der Waals surface area (Å²) in [5.41, 5.74) is 8.37. The summed E-state index contributed by atoms with van der Waals surface area (Å²) in [5, 5.41) is 5.26. The van der Waals surface area contributed by atoms with E-state index in [1.165, 1.54) is 25.7 Å². The second kappa shape index (κ2) is 13.8. The molecule has 5 aliphatic heterocycles. The lowest BCUT2D eigenvalue weighted by molar-refractivity contribution is -0.143. The third kappa shape index (κ3) is 6.58. The lowest BCUT2D eigenvalue weighted by Crippen LogP contribution is -2.57. The number of halogens is 1. The zero-order valence-corrected chi connectivity index (χ0v) is 29.0. The summed E-state index contributed by atoms with van der Waals surface area (Å²) in [4.78, 5) is 52.1. The summed E-state index contributed by atoms with van der Waals surface area (Å²) in [7, 11) is 2.26. The lowest BCUT2D eigenvalue weighted by Gasteiger charge is -2.45.